The van der Waals surface area contributed by atoms with Gasteiger partial charge in [-0.05, 0) is 41.3 Å². The van der Waals surface area contributed by atoms with Gasteiger partial charge >= 0.3 is 0 Å². The van der Waals surface area contributed by atoms with Crippen LogP contribution in [0.2, 0.25) is 4.34 Å². The molecule has 0 saturated carbocycles. The molecule has 1 aromatic carbocycles. The van der Waals surface area contributed by atoms with Gasteiger partial charge in [-0.15, -0.1) is 22.7 Å². The lowest BCUT2D eigenvalue weighted by Crippen LogP contribution is -2.20. The molecule has 0 fully saturated rings. The van der Waals surface area contributed by atoms with Crippen LogP contribution in [0.4, 0.5) is 0 Å². The summed E-state index contributed by atoms with van der Waals surface area (Å²) in [5.41, 5.74) is 1.27. The van der Waals surface area contributed by atoms with Crippen molar-refractivity contribution in [3.05, 3.63) is 78.0 Å². The summed E-state index contributed by atoms with van der Waals surface area (Å²) in [7, 11) is 0. The largest absolute Gasteiger partial charge is 0.301 e. The minimum Gasteiger partial charge on any atom is -0.301 e. The fraction of sp³-hybridized carbons (Fsp3) is 0.125. The van der Waals surface area contributed by atoms with Crippen molar-refractivity contribution in [2.75, 3.05) is 0 Å². The highest BCUT2D eigenvalue weighted by Crippen LogP contribution is 2.33. The van der Waals surface area contributed by atoms with Crippen molar-refractivity contribution in [2.24, 2.45) is 0 Å². The normalized spacial score (nSPS) is 12.5. The molecule has 2 aromatic heterocycles. The van der Waals surface area contributed by atoms with Gasteiger partial charge < -0.3 is 5.32 Å². The molecule has 0 spiro atoms. The quantitative estimate of drug-likeness (QED) is 0.547. The predicted octanol–water partition coefficient (Wildman–Crippen LogP) is 6.10. The minimum atomic E-state index is 0.200. The van der Waals surface area contributed by atoms with Gasteiger partial charge in [0, 0.05) is 20.8 Å². The van der Waals surface area contributed by atoms with Crippen LogP contribution in [0.5, 0.6) is 0 Å². The smallest absolute Gasteiger partial charge is 0.0931 e. The van der Waals surface area contributed by atoms with Crippen LogP contribution in [-0.4, -0.2) is 0 Å². The Labute approximate surface area is 145 Å². The predicted molar refractivity (Wildman–Crippen MR) is 96.5 cm³/mol. The first-order valence-electron chi connectivity index (χ1n) is 6.49. The SMILES string of the molecule is Clc1ccc(C(NCc2ccc(Br)cc2)c2cccs2)s1. The Bertz CT molecular complexity index is 691. The van der Waals surface area contributed by atoms with Gasteiger partial charge in [0.05, 0.1) is 10.4 Å². The Morgan fingerprint density at radius 1 is 1.05 bits per heavy atom. The standard InChI is InChI=1S/C16H13BrClNS2/c17-12-5-3-11(4-6-12)10-19-16(13-2-1-9-20-13)14-7-8-15(18)21-14/h1-9,16,19H,10H2. The topological polar surface area (TPSA) is 12.0 Å². The molecule has 0 aliphatic rings. The fourth-order valence-corrected chi connectivity index (χ4v) is 4.41. The molecule has 0 saturated heterocycles. The van der Waals surface area contributed by atoms with Crippen LogP contribution < -0.4 is 5.32 Å². The van der Waals surface area contributed by atoms with E-state index in [1.807, 2.05) is 6.07 Å². The molecule has 1 nitrogen and oxygen atoms in total. The van der Waals surface area contributed by atoms with Crippen molar-refractivity contribution in [3.63, 3.8) is 0 Å². The number of benzene rings is 1. The molecule has 0 amide bonds. The summed E-state index contributed by atoms with van der Waals surface area (Å²) >= 11 is 13.0. The van der Waals surface area contributed by atoms with Gasteiger partial charge in [0.15, 0.2) is 0 Å². The molecule has 1 atom stereocenters. The highest BCUT2D eigenvalue weighted by atomic mass is 79.9. The van der Waals surface area contributed by atoms with Crippen LogP contribution in [0.15, 0.2) is 58.4 Å². The van der Waals surface area contributed by atoms with Crippen LogP contribution in [-0.2, 0) is 6.54 Å². The summed E-state index contributed by atoms with van der Waals surface area (Å²) in [6, 6.07) is 16.9. The van der Waals surface area contributed by atoms with Gasteiger partial charge in [0.1, 0.15) is 0 Å². The Balaban J connectivity index is 1.78. The van der Waals surface area contributed by atoms with Crippen molar-refractivity contribution >= 4 is 50.2 Å². The Hall–Kier alpha value is -0.650. The lowest BCUT2D eigenvalue weighted by atomic mass is 10.1. The third kappa shape index (κ3) is 3.96. The molecular formula is C16H13BrClNS2. The van der Waals surface area contributed by atoms with Gasteiger partial charge in [0.2, 0.25) is 0 Å². The lowest BCUT2D eigenvalue weighted by Gasteiger charge is -2.16. The zero-order chi connectivity index (χ0) is 14.7. The van der Waals surface area contributed by atoms with E-state index in [2.05, 4.69) is 69.1 Å². The molecule has 108 valence electrons. The fourth-order valence-electron chi connectivity index (χ4n) is 2.10. The molecule has 3 rings (SSSR count). The summed E-state index contributed by atoms with van der Waals surface area (Å²) in [6.45, 7) is 0.825. The molecule has 5 heteroatoms. The van der Waals surface area contributed by atoms with Crippen LogP contribution >= 0.6 is 50.2 Å². The van der Waals surface area contributed by atoms with E-state index in [1.165, 1.54) is 15.3 Å². The van der Waals surface area contributed by atoms with Gasteiger partial charge in [-0.1, -0.05) is 45.7 Å². The summed E-state index contributed by atoms with van der Waals surface area (Å²) in [5, 5.41) is 5.74. The van der Waals surface area contributed by atoms with Crippen molar-refractivity contribution in [1.82, 2.24) is 5.32 Å². The molecule has 0 aliphatic carbocycles. The average molecular weight is 399 g/mol. The minimum absolute atomic E-state index is 0.200. The molecule has 1 N–H and O–H groups in total. The molecule has 0 radical (unpaired) electrons. The van der Waals surface area contributed by atoms with Crippen molar-refractivity contribution in [3.8, 4) is 0 Å². The van der Waals surface area contributed by atoms with Gasteiger partial charge in [-0.3, -0.25) is 0 Å². The first-order valence-corrected chi connectivity index (χ1v) is 9.35. The third-order valence-electron chi connectivity index (χ3n) is 3.13. The lowest BCUT2D eigenvalue weighted by molar-refractivity contribution is 0.621. The molecule has 0 aliphatic heterocycles. The van der Waals surface area contributed by atoms with E-state index in [4.69, 9.17) is 11.6 Å². The maximum atomic E-state index is 6.09. The Morgan fingerprint density at radius 2 is 1.86 bits per heavy atom. The third-order valence-corrected chi connectivity index (χ3v) is 5.89. The number of rotatable bonds is 5. The first-order chi connectivity index (χ1) is 10.2. The second-order valence-corrected chi connectivity index (χ2v) is 8.24. The van der Waals surface area contributed by atoms with E-state index in [0.29, 0.717) is 0 Å². The van der Waals surface area contributed by atoms with Crippen LogP contribution in [0.3, 0.4) is 0 Å². The number of thiophene rings is 2. The Kier molecular flexibility index (Phi) is 5.14. The molecule has 2 heterocycles. The van der Waals surface area contributed by atoms with E-state index >= 15 is 0 Å². The average Bonchev–Trinajstić information content (AvgIpc) is 3.13. The molecule has 1 unspecified atom stereocenters. The second-order valence-electron chi connectivity index (χ2n) is 4.60. The molecule has 3 aromatic rings. The van der Waals surface area contributed by atoms with E-state index in [9.17, 15) is 0 Å². The number of hydrogen-bond donors (Lipinski definition) is 1. The summed E-state index contributed by atoms with van der Waals surface area (Å²) < 4.78 is 1.93. The maximum Gasteiger partial charge on any atom is 0.0931 e. The van der Waals surface area contributed by atoms with Gasteiger partial charge in [0.25, 0.3) is 0 Å². The van der Waals surface area contributed by atoms with Crippen LogP contribution in [0.25, 0.3) is 0 Å². The second kappa shape index (κ2) is 7.07. The van der Waals surface area contributed by atoms with Crippen LogP contribution in [0, 0.1) is 0 Å². The van der Waals surface area contributed by atoms with Crippen LogP contribution in [0.1, 0.15) is 21.4 Å². The summed E-state index contributed by atoms with van der Waals surface area (Å²) in [5.74, 6) is 0. The van der Waals surface area contributed by atoms with E-state index in [0.717, 1.165) is 15.4 Å². The number of halogens is 2. The first kappa shape index (κ1) is 15.3. The number of hydrogen-bond acceptors (Lipinski definition) is 3. The van der Waals surface area contributed by atoms with Gasteiger partial charge in [-0.25, -0.2) is 0 Å². The van der Waals surface area contributed by atoms with E-state index < -0.39 is 0 Å². The highest BCUT2D eigenvalue weighted by molar-refractivity contribution is 9.10. The zero-order valence-electron chi connectivity index (χ0n) is 11.1. The van der Waals surface area contributed by atoms with Crippen molar-refractivity contribution in [2.45, 2.75) is 12.6 Å². The number of nitrogens with one attached hydrogen (secondary N) is 1. The van der Waals surface area contributed by atoms with Gasteiger partial charge in [-0.2, -0.15) is 0 Å². The molecular weight excluding hydrogens is 386 g/mol. The van der Waals surface area contributed by atoms with Crippen molar-refractivity contribution in [1.29, 1.82) is 0 Å². The summed E-state index contributed by atoms with van der Waals surface area (Å²) in [6.07, 6.45) is 0. The molecule has 0 bridgehead atoms. The monoisotopic (exact) mass is 397 g/mol. The zero-order valence-corrected chi connectivity index (χ0v) is 15.0. The van der Waals surface area contributed by atoms with E-state index in [-0.39, 0.29) is 6.04 Å². The maximum absolute atomic E-state index is 6.09. The van der Waals surface area contributed by atoms with Crippen molar-refractivity contribution < 1.29 is 0 Å². The van der Waals surface area contributed by atoms with E-state index in [1.54, 1.807) is 22.7 Å². The highest BCUT2D eigenvalue weighted by Gasteiger charge is 2.16. The summed E-state index contributed by atoms with van der Waals surface area (Å²) in [4.78, 5) is 2.56. The Morgan fingerprint density at radius 3 is 2.48 bits per heavy atom. The molecule has 21 heavy (non-hydrogen) atoms.